The Morgan fingerprint density at radius 2 is 0.615 bits per heavy atom. The van der Waals surface area contributed by atoms with Crippen LogP contribution >= 0.6 is 0 Å². The number of fused-ring (bicyclic) bond motifs is 6. The summed E-state index contributed by atoms with van der Waals surface area (Å²) in [7, 11) is 0. The zero-order valence-electron chi connectivity index (χ0n) is 35.3. The summed E-state index contributed by atoms with van der Waals surface area (Å²) >= 11 is 0. The fourth-order valence-electron chi connectivity index (χ4n) is 12.0. The van der Waals surface area contributed by atoms with Gasteiger partial charge in [0.1, 0.15) is 0 Å². The first kappa shape index (κ1) is 35.1. The average molecular weight is 821 g/mol. The van der Waals surface area contributed by atoms with Crippen LogP contribution < -0.4 is 26.2 Å². The fourth-order valence-corrected chi connectivity index (χ4v) is 12.0. The lowest BCUT2D eigenvalue weighted by Gasteiger charge is -2.45. The lowest BCUT2D eigenvalue weighted by Crippen LogP contribution is -2.61. The molecule has 0 N–H and O–H groups in total. The van der Waals surface area contributed by atoms with Gasteiger partial charge in [0.2, 0.25) is 0 Å². The van der Waals surface area contributed by atoms with Crippen molar-refractivity contribution in [3.8, 4) is 22.3 Å². The van der Waals surface area contributed by atoms with Crippen molar-refractivity contribution in [2.75, 3.05) is 9.80 Å². The third-order valence-corrected chi connectivity index (χ3v) is 14.7. The zero-order chi connectivity index (χ0) is 42.3. The van der Waals surface area contributed by atoms with E-state index in [1.165, 1.54) is 126 Å². The summed E-state index contributed by atoms with van der Waals surface area (Å²) in [5.74, 6) is 0. The number of anilines is 6. The van der Waals surface area contributed by atoms with Gasteiger partial charge in [0.05, 0.1) is 0 Å². The molecule has 0 unspecified atom stereocenters. The highest BCUT2D eigenvalue weighted by molar-refractivity contribution is 7.03. The first-order valence-electron chi connectivity index (χ1n) is 22.7. The van der Waals surface area contributed by atoms with E-state index in [4.69, 9.17) is 0 Å². The summed E-state index contributed by atoms with van der Waals surface area (Å²) in [4.78, 5) is 5.15. The predicted molar refractivity (Wildman–Crippen MR) is 279 cm³/mol. The standard InChI is InChI=1S/C62H37BN2/c1-4-12-38(13-5-1)39-22-24-40(25-23-39)47-36-54-62-55(37-47)65(49-20-8-3-9-21-49)53-35-46-29-27-42-15-11-17-44-31-33-51(59(46)57(42)44)61(53)63(62)60-50-32-30-43-16-10-14-41-26-28-45(58(50)56(41)43)34-52(60)64(54)48-18-6-2-7-19-48/h1-37H. The second kappa shape index (κ2) is 13.1. The lowest BCUT2D eigenvalue weighted by molar-refractivity contribution is 1.26. The van der Waals surface area contributed by atoms with Crippen LogP contribution in [0.1, 0.15) is 0 Å². The molecule has 13 aromatic rings. The monoisotopic (exact) mass is 820 g/mol. The first-order valence-corrected chi connectivity index (χ1v) is 22.7. The molecule has 2 heterocycles. The van der Waals surface area contributed by atoms with Crippen molar-refractivity contribution in [1.82, 2.24) is 0 Å². The van der Waals surface area contributed by atoms with E-state index < -0.39 is 0 Å². The molecule has 2 nitrogen and oxygen atoms in total. The maximum absolute atomic E-state index is 2.57. The summed E-state index contributed by atoms with van der Waals surface area (Å²) in [6.45, 7) is -0.0754. The van der Waals surface area contributed by atoms with Crippen molar-refractivity contribution in [3.63, 3.8) is 0 Å². The van der Waals surface area contributed by atoms with Crippen molar-refractivity contribution in [2.45, 2.75) is 0 Å². The number of hydrogen-bond donors (Lipinski definition) is 0. The Balaban J connectivity index is 1.13. The maximum atomic E-state index is 2.57. The van der Waals surface area contributed by atoms with E-state index in [0.29, 0.717) is 0 Å². The van der Waals surface area contributed by atoms with Gasteiger partial charge in [-0.2, -0.15) is 0 Å². The van der Waals surface area contributed by atoms with E-state index in [1.807, 2.05) is 0 Å². The minimum absolute atomic E-state index is 0.0754. The number of nitrogens with zero attached hydrogens (tertiary/aromatic N) is 2. The van der Waals surface area contributed by atoms with Gasteiger partial charge in [0, 0.05) is 34.1 Å². The normalized spacial score (nSPS) is 13.1. The number of hydrogen-bond acceptors (Lipinski definition) is 2. The van der Waals surface area contributed by atoms with Crippen molar-refractivity contribution < 1.29 is 0 Å². The number of rotatable bonds is 4. The molecule has 3 heteroatoms. The van der Waals surface area contributed by atoms with Crippen LogP contribution in [0.3, 0.4) is 0 Å². The van der Waals surface area contributed by atoms with Crippen LogP contribution in [0.15, 0.2) is 224 Å². The minimum atomic E-state index is -0.0754. The third-order valence-electron chi connectivity index (χ3n) is 14.7. The smallest absolute Gasteiger partial charge is 0.253 e. The predicted octanol–water partition coefficient (Wildman–Crippen LogP) is 14.9. The van der Waals surface area contributed by atoms with Crippen LogP contribution in [-0.4, -0.2) is 6.71 Å². The molecule has 0 saturated carbocycles. The topological polar surface area (TPSA) is 6.48 Å². The van der Waals surface area contributed by atoms with E-state index in [2.05, 4.69) is 234 Å². The van der Waals surface area contributed by atoms with Gasteiger partial charge in [0.15, 0.2) is 0 Å². The Kier molecular flexibility index (Phi) is 7.06. The average Bonchev–Trinajstić information content (AvgIpc) is 3.37. The second-order valence-corrected chi connectivity index (χ2v) is 18.0. The zero-order valence-corrected chi connectivity index (χ0v) is 35.3. The van der Waals surface area contributed by atoms with Crippen LogP contribution in [0.25, 0.3) is 86.9 Å². The van der Waals surface area contributed by atoms with Crippen molar-refractivity contribution in [2.24, 2.45) is 0 Å². The molecule has 65 heavy (non-hydrogen) atoms. The van der Waals surface area contributed by atoms with E-state index in [1.54, 1.807) is 0 Å². The molecule has 13 aromatic carbocycles. The molecule has 15 rings (SSSR count). The summed E-state index contributed by atoms with van der Waals surface area (Å²) in [6, 6.07) is 84.3. The molecule has 298 valence electrons. The molecule has 0 atom stereocenters. The molecule has 0 fully saturated rings. The molecule has 0 amide bonds. The van der Waals surface area contributed by atoms with E-state index in [9.17, 15) is 0 Å². The van der Waals surface area contributed by atoms with Crippen LogP contribution in [-0.2, 0) is 0 Å². The Hall–Kier alpha value is -8.40. The SMILES string of the molecule is c1ccc(-c2ccc(-c3cc4c5c(c3)N(c3ccccc3)c3cc6ccc7cccc8ccc(c3B5c3c(cc5ccc9cccc%10ccc3c5c9%10)N4c3ccccc3)c6c78)cc2)cc1. The van der Waals surface area contributed by atoms with Gasteiger partial charge < -0.3 is 9.80 Å². The van der Waals surface area contributed by atoms with Crippen LogP contribution in [0, 0.1) is 0 Å². The highest BCUT2D eigenvalue weighted by Gasteiger charge is 2.46. The van der Waals surface area contributed by atoms with Gasteiger partial charge >= 0.3 is 0 Å². The van der Waals surface area contributed by atoms with Crippen LogP contribution in [0.2, 0.25) is 0 Å². The van der Waals surface area contributed by atoms with E-state index in [0.717, 1.165) is 11.4 Å². The van der Waals surface area contributed by atoms with Gasteiger partial charge in [-0.15, -0.1) is 0 Å². The third kappa shape index (κ3) is 4.84. The van der Waals surface area contributed by atoms with Gasteiger partial charge in [-0.3, -0.25) is 0 Å². The number of para-hydroxylation sites is 2. The Morgan fingerprint density at radius 1 is 0.246 bits per heavy atom. The highest BCUT2D eigenvalue weighted by Crippen LogP contribution is 2.50. The Morgan fingerprint density at radius 3 is 1.08 bits per heavy atom. The van der Waals surface area contributed by atoms with E-state index in [-0.39, 0.29) is 6.71 Å². The second-order valence-electron chi connectivity index (χ2n) is 18.0. The van der Waals surface area contributed by atoms with Gasteiger partial charge in [0.25, 0.3) is 6.71 Å². The van der Waals surface area contributed by atoms with Crippen molar-refractivity contribution >= 4 is 122 Å². The highest BCUT2D eigenvalue weighted by atomic mass is 15.2. The molecule has 2 aliphatic heterocycles. The van der Waals surface area contributed by atoms with Crippen LogP contribution in [0.5, 0.6) is 0 Å². The summed E-state index contributed by atoms with van der Waals surface area (Å²) in [5.41, 5.74) is 16.0. The molecule has 0 radical (unpaired) electrons. The van der Waals surface area contributed by atoms with Gasteiger partial charge in [-0.25, -0.2) is 0 Å². The number of benzene rings is 13. The lowest BCUT2D eigenvalue weighted by atomic mass is 9.32. The molecule has 0 aliphatic carbocycles. The molecule has 0 spiro atoms. The summed E-state index contributed by atoms with van der Waals surface area (Å²) < 4.78 is 0. The molecular formula is C62H37BN2. The quantitative estimate of drug-likeness (QED) is 0.129. The maximum Gasteiger partial charge on any atom is 0.253 e. The molecular weight excluding hydrogens is 784 g/mol. The van der Waals surface area contributed by atoms with Crippen LogP contribution in [0.4, 0.5) is 34.1 Å². The summed E-state index contributed by atoms with van der Waals surface area (Å²) in [6.07, 6.45) is 0. The Labute approximate surface area is 376 Å². The fraction of sp³-hybridized carbons (Fsp3) is 0. The van der Waals surface area contributed by atoms with Gasteiger partial charge in [-0.1, -0.05) is 176 Å². The molecule has 0 aromatic heterocycles. The molecule has 2 aliphatic rings. The van der Waals surface area contributed by atoms with Crippen molar-refractivity contribution in [3.05, 3.63) is 224 Å². The molecule has 0 saturated heterocycles. The Bertz CT molecular complexity index is 3800. The largest absolute Gasteiger partial charge is 0.311 e. The summed E-state index contributed by atoms with van der Waals surface area (Å²) in [5, 5.41) is 15.6. The minimum Gasteiger partial charge on any atom is -0.311 e. The molecule has 0 bridgehead atoms. The van der Waals surface area contributed by atoms with Crippen molar-refractivity contribution in [1.29, 1.82) is 0 Å². The van der Waals surface area contributed by atoms with E-state index >= 15 is 0 Å². The van der Waals surface area contributed by atoms with Gasteiger partial charge in [-0.05, 0) is 152 Å². The first-order chi connectivity index (χ1) is 32.2.